The molecule has 0 unspecified atom stereocenters. The van der Waals surface area contributed by atoms with Gasteiger partial charge in [0.2, 0.25) is 0 Å². The first-order chi connectivity index (χ1) is 9.58. The molecule has 1 saturated heterocycles. The van der Waals surface area contributed by atoms with E-state index in [1.165, 1.54) is 6.07 Å². The zero-order chi connectivity index (χ0) is 15.8. The molecular weight excluding hydrogens is 290 g/mol. The molecule has 2 rings (SSSR count). The number of hydrogen-bond donors (Lipinski definition) is 3. The van der Waals surface area contributed by atoms with E-state index in [9.17, 15) is 4.79 Å². The molecule has 7 heteroatoms. The first-order valence-electron chi connectivity index (χ1n) is 6.97. The summed E-state index contributed by atoms with van der Waals surface area (Å²) in [5, 5.41) is 14.8. The molecule has 4 N–H and O–H groups in total. The second kappa shape index (κ2) is 5.42. The Morgan fingerprint density at radius 2 is 1.90 bits per heavy atom. The fraction of sp³-hybridized carbons (Fsp3) is 0.643. The van der Waals surface area contributed by atoms with Crippen LogP contribution in [0.3, 0.4) is 0 Å². The number of anilines is 1. The van der Waals surface area contributed by atoms with Gasteiger partial charge in [0.25, 0.3) is 5.91 Å². The number of amides is 1. The normalized spacial score (nSPS) is 21.0. The van der Waals surface area contributed by atoms with Gasteiger partial charge in [0, 0.05) is 17.1 Å². The lowest BCUT2D eigenvalue weighted by molar-refractivity contribution is 0.100. The van der Waals surface area contributed by atoms with Crippen LogP contribution in [0.4, 0.5) is 5.82 Å². The summed E-state index contributed by atoms with van der Waals surface area (Å²) >= 11 is 5.78. The Balaban J connectivity index is 2.24. The van der Waals surface area contributed by atoms with Gasteiger partial charge in [0.1, 0.15) is 0 Å². The van der Waals surface area contributed by atoms with Crippen LogP contribution in [-0.2, 0) is 0 Å². The molecule has 1 fully saturated rings. The van der Waals surface area contributed by atoms with Gasteiger partial charge >= 0.3 is 0 Å². The summed E-state index contributed by atoms with van der Waals surface area (Å²) in [5.74, 6) is -0.174. The molecule has 2 heterocycles. The van der Waals surface area contributed by atoms with Crippen molar-refractivity contribution in [1.29, 1.82) is 0 Å². The maximum atomic E-state index is 11.5. The standard InChI is InChI=1S/C14H22ClN5O/c1-13(2)6-8(7-14(3,4)20-13)17-12-9(11(16)21)5-10(15)18-19-12/h5,8,20H,6-7H2,1-4H3,(H2,16,21)(H,17,19). The molecule has 6 nitrogen and oxygen atoms in total. The molecule has 0 saturated carbocycles. The van der Waals surface area contributed by atoms with E-state index < -0.39 is 5.91 Å². The average molecular weight is 312 g/mol. The van der Waals surface area contributed by atoms with E-state index in [0.29, 0.717) is 5.82 Å². The average Bonchev–Trinajstić information content (AvgIpc) is 2.27. The van der Waals surface area contributed by atoms with E-state index in [1.807, 2.05) is 0 Å². The van der Waals surface area contributed by atoms with Gasteiger partial charge in [-0.3, -0.25) is 4.79 Å². The number of hydrogen-bond acceptors (Lipinski definition) is 5. The highest BCUT2D eigenvalue weighted by atomic mass is 35.5. The second-order valence-corrected chi connectivity index (χ2v) is 7.32. The van der Waals surface area contributed by atoms with E-state index in [4.69, 9.17) is 17.3 Å². The van der Waals surface area contributed by atoms with Crippen LogP contribution in [0.15, 0.2) is 6.07 Å². The van der Waals surface area contributed by atoms with Crippen LogP contribution in [-0.4, -0.2) is 33.2 Å². The summed E-state index contributed by atoms with van der Waals surface area (Å²) in [4.78, 5) is 11.5. The molecule has 116 valence electrons. The van der Waals surface area contributed by atoms with E-state index in [-0.39, 0.29) is 27.8 Å². The number of rotatable bonds is 3. The topological polar surface area (TPSA) is 92.9 Å². The van der Waals surface area contributed by atoms with E-state index in [1.54, 1.807) is 0 Å². The molecule has 1 aliphatic heterocycles. The van der Waals surface area contributed by atoms with E-state index in [2.05, 4.69) is 48.5 Å². The van der Waals surface area contributed by atoms with Crippen molar-refractivity contribution in [3.8, 4) is 0 Å². The fourth-order valence-corrected chi connectivity index (χ4v) is 3.43. The molecule has 0 aliphatic carbocycles. The maximum absolute atomic E-state index is 11.5. The third-order valence-corrected chi connectivity index (χ3v) is 3.75. The molecule has 1 aromatic heterocycles. The first-order valence-corrected chi connectivity index (χ1v) is 7.35. The Bertz CT molecular complexity index is 542. The minimum atomic E-state index is -0.568. The van der Waals surface area contributed by atoms with Crippen molar-refractivity contribution in [2.24, 2.45) is 5.73 Å². The molecule has 21 heavy (non-hydrogen) atoms. The van der Waals surface area contributed by atoms with Crippen molar-refractivity contribution in [2.45, 2.75) is 57.7 Å². The summed E-state index contributed by atoms with van der Waals surface area (Å²) in [7, 11) is 0. The highest BCUT2D eigenvalue weighted by Crippen LogP contribution is 2.30. The van der Waals surface area contributed by atoms with E-state index >= 15 is 0 Å². The summed E-state index contributed by atoms with van der Waals surface area (Å²) < 4.78 is 0. The molecular formula is C14H22ClN5O. The second-order valence-electron chi connectivity index (χ2n) is 6.94. The Hall–Kier alpha value is -1.40. The van der Waals surface area contributed by atoms with Gasteiger partial charge in [0.05, 0.1) is 5.56 Å². The smallest absolute Gasteiger partial charge is 0.252 e. The van der Waals surface area contributed by atoms with Gasteiger partial charge in [-0.05, 0) is 46.6 Å². The number of halogens is 1. The summed E-state index contributed by atoms with van der Waals surface area (Å²) in [5.41, 5.74) is 5.63. The number of nitrogens with two attached hydrogens (primary N) is 1. The number of carbonyl (C=O) groups excluding carboxylic acids is 1. The van der Waals surface area contributed by atoms with Crippen LogP contribution < -0.4 is 16.4 Å². The molecule has 0 radical (unpaired) electrons. The monoisotopic (exact) mass is 311 g/mol. The third-order valence-electron chi connectivity index (χ3n) is 3.56. The minimum Gasteiger partial charge on any atom is -0.365 e. The summed E-state index contributed by atoms with van der Waals surface area (Å²) in [6.07, 6.45) is 1.80. The van der Waals surface area contributed by atoms with Crippen LogP contribution >= 0.6 is 11.6 Å². The van der Waals surface area contributed by atoms with Gasteiger partial charge in [0.15, 0.2) is 11.0 Å². The van der Waals surface area contributed by atoms with Crippen molar-refractivity contribution < 1.29 is 4.79 Å². The van der Waals surface area contributed by atoms with Crippen molar-refractivity contribution in [3.05, 3.63) is 16.8 Å². The Labute approximate surface area is 129 Å². The van der Waals surface area contributed by atoms with Crippen LogP contribution in [0.2, 0.25) is 5.15 Å². The van der Waals surface area contributed by atoms with Gasteiger partial charge in [-0.15, -0.1) is 10.2 Å². The van der Waals surface area contributed by atoms with Crippen LogP contribution in [0.1, 0.15) is 50.9 Å². The number of aromatic nitrogens is 2. The van der Waals surface area contributed by atoms with Crippen LogP contribution in [0.5, 0.6) is 0 Å². The van der Waals surface area contributed by atoms with Gasteiger partial charge < -0.3 is 16.4 Å². The molecule has 1 aromatic rings. The Morgan fingerprint density at radius 3 is 2.43 bits per heavy atom. The Morgan fingerprint density at radius 1 is 1.33 bits per heavy atom. The van der Waals surface area contributed by atoms with Gasteiger partial charge in [-0.25, -0.2) is 0 Å². The summed E-state index contributed by atoms with van der Waals surface area (Å²) in [6.45, 7) is 8.63. The lowest BCUT2D eigenvalue weighted by Crippen LogP contribution is -2.60. The minimum absolute atomic E-state index is 0.00778. The number of nitrogens with zero attached hydrogens (tertiary/aromatic N) is 2. The van der Waals surface area contributed by atoms with Gasteiger partial charge in [-0.2, -0.15) is 0 Å². The number of nitrogens with one attached hydrogen (secondary N) is 2. The van der Waals surface area contributed by atoms with Crippen molar-refractivity contribution in [1.82, 2.24) is 15.5 Å². The van der Waals surface area contributed by atoms with E-state index in [0.717, 1.165) is 12.8 Å². The lowest BCUT2D eigenvalue weighted by Gasteiger charge is -2.46. The Kier molecular flexibility index (Phi) is 4.13. The van der Waals surface area contributed by atoms with Crippen molar-refractivity contribution in [3.63, 3.8) is 0 Å². The molecule has 0 atom stereocenters. The largest absolute Gasteiger partial charge is 0.365 e. The quantitative estimate of drug-likeness (QED) is 0.793. The van der Waals surface area contributed by atoms with Crippen molar-refractivity contribution in [2.75, 3.05) is 5.32 Å². The third kappa shape index (κ3) is 4.04. The number of piperidine rings is 1. The molecule has 0 aromatic carbocycles. The number of carbonyl (C=O) groups is 1. The number of primary amides is 1. The predicted octanol–water partition coefficient (Wildman–Crippen LogP) is 1.95. The zero-order valence-corrected chi connectivity index (χ0v) is 13.6. The highest BCUT2D eigenvalue weighted by Gasteiger charge is 2.38. The SMILES string of the molecule is CC1(C)CC(Nc2nnc(Cl)cc2C(N)=O)CC(C)(C)N1. The zero-order valence-electron chi connectivity index (χ0n) is 12.8. The highest BCUT2D eigenvalue weighted by molar-refractivity contribution is 6.29. The van der Waals surface area contributed by atoms with Crippen LogP contribution in [0.25, 0.3) is 0 Å². The lowest BCUT2D eigenvalue weighted by atomic mass is 9.79. The molecule has 0 bridgehead atoms. The maximum Gasteiger partial charge on any atom is 0.252 e. The molecule has 0 spiro atoms. The predicted molar refractivity (Wildman–Crippen MR) is 83.5 cm³/mol. The molecule has 1 aliphatic rings. The fourth-order valence-electron chi connectivity index (χ4n) is 3.28. The van der Waals surface area contributed by atoms with Crippen molar-refractivity contribution >= 4 is 23.3 Å². The molecule has 1 amide bonds. The summed E-state index contributed by atoms with van der Waals surface area (Å²) in [6, 6.07) is 1.61. The van der Waals surface area contributed by atoms with Crippen LogP contribution in [0, 0.1) is 0 Å². The first kappa shape index (κ1) is 16.0. The van der Waals surface area contributed by atoms with Gasteiger partial charge in [-0.1, -0.05) is 11.6 Å².